The molecule has 0 radical (unpaired) electrons. The third kappa shape index (κ3) is 4.33. The van der Waals surface area contributed by atoms with Gasteiger partial charge in [0.25, 0.3) is 0 Å². The number of aliphatic hydroxyl groups is 1. The van der Waals surface area contributed by atoms with Crippen LogP contribution in [0.15, 0.2) is 24.3 Å². The first-order chi connectivity index (χ1) is 9.58. The van der Waals surface area contributed by atoms with Gasteiger partial charge < -0.3 is 15.2 Å². The molecular formula is C16H27ClN2O2. The number of halogens is 1. The van der Waals surface area contributed by atoms with Gasteiger partial charge in [0.05, 0.1) is 7.11 Å². The molecule has 21 heavy (non-hydrogen) atoms. The molecule has 4 nitrogen and oxygen atoms in total. The number of aliphatic hydroxyl groups excluding tert-OH is 1. The van der Waals surface area contributed by atoms with E-state index in [1.54, 1.807) is 7.11 Å². The molecule has 1 aromatic rings. The number of piperazine rings is 1. The lowest BCUT2D eigenvalue weighted by molar-refractivity contribution is 0.0304. The van der Waals surface area contributed by atoms with Crippen LogP contribution in [-0.4, -0.2) is 49.9 Å². The largest absolute Gasteiger partial charge is 0.497 e. The maximum absolute atomic E-state index is 9.81. The van der Waals surface area contributed by atoms with Crippen molar-refractivity contribution in [1.29, 1.82) is 0 Å². The van der Waals surface area contributed by atoms with Gasteiger partial charge in [0.2, 0.25) is 0 Å². The van der Waals surface area contributed by atoms with E-state index in [-0.39, 0.29) is 30.5 Å². The minimum absolute atomic E-state index is 0. The minimum atomic E-state index is -0.191. The summed E-state index contributed by atoms with van der Waals surface area (Å²) in [6, 6.07) is 8.40. The highest BCUT2D eigenvalue weighted by molar-refractivity contribution is 5.85. The average Bonchev–Trinajstić information content (AvgIpc) is 2.48. The van der Waals surface area contributed by atoms with Crippen molar-refractivity contribution in [2.24, 2.45) is 5.41 Å². The van der Waals surface area contributed by atoms with E-state index in [4.69, 9.17) is 4.74 Å². The predicted octanol–water partition coefficient (Wildman–Crippen LogP) is 2.08. The van der Waals surface area contributed by atoms with Crippen molar-refractivity contribution < 1.29 is 9.84 Å². The van der Waals surface area contributed by atoms with E-state index in [9.17, 15) is 5.11 Å². The number of rotatable bonds is 5. The molecule has 1 atom stereocenters. The zero-order valence-electron chi connectivity index (χ0n) is 13.1. The molecule has 1 fully saturated rings. The SMILES string of the molecule is COc1cccc([C@H](N2CCNCC2)C(C)(C)CO)c1.Cl. The van der Waals surface area contributed by atoms with Crippen LogP contribution in [0.2, 0.25) is 0 Å². The molecule has 0 saturated carbocycles. The number of benzene rings is 1. The first-order valence-corrected chi connectivity index (χ1v) is 7.28. The number of hydrogen-bond donors (Lipinski definition) is 2. The average molecular weight is 315 g/mol. The van der Waals surface area contributed by atoms with Crippen LogP contribution in [0.4, 0.5) is 0 Å². The molecule has 0 bridgehead atoms. The molecule has 0 spiro atoms. The maximum Gasteiger partial charge on any atom is 0.119 e. The zero-order valence-corrected chi connectivity index (χ0v) is 13.9. The summed E-state index contributed by atoms with van der Waals surface area (Å²) < 4.78 is 5.35. The van der Waals surface area contributed by atoms with E-state index in [0.717, 1.165) is 31.9 Å². The standard InChI is InChI=1S/C16H26N2O2.ClH/c1-16(2,12-19)15(18-9-7-17-8-10-18)13-5-4-6-14(11-13)20-3;/h4-6,11,15,17,19H,7-10,12H2,1-3H3;1H/t15-;/m0./s1. The predicted molar refractivity (Wildman–Crippen MR) is 88.3 cm³/mol. The van der Waals surface area contributed by atoms with Crippen LogP contribution >= 0.6 is 12.4 Å². The fourth-order valence-corrected chi connectivity index (χ4v) is 2.99. The van der Waals surface area contributed by atoms with Crippen LogP contribution in [0.3, 0.4) is 0 Å². The molecule has 2 rings (SSSR count). The summed E-state index contributed by atoms with van der Waals surface area (Å²) in [6.07, 6.45) is 0. The van der Waals surface area contributed by atoms with Crippen LogP contribution in [0, 0.1) is 5.41 Å². The summed E-state index contributed by atoms with van der Waals surface area (Å²) in [5.41, 5.74) is 1.02. The first-order valence-electron chi connectivity index (χ1n) is 7.28. The molecular weight excluding hydrogens is 288 g/mol. The van der Waals surface area contributed by atoms with E-state index in [0.29, 0.717) is 0 Å². The number of methoxy groups -OCH3 is 1. The fourth-order valence-electron chi connectivity index (χ4n) is 2.99. The van der Waals surface area contributed by atoms with Crippen molar-refractivity contribution >= 4 is 12.4 Å². The van der Waals surface area contributed by atoms with E-state index in [1.165, 1.54) is 5.56 Å². The Kier molecular flexibility index (Phi) is 6.94. The summed E-state index contributed by atoms with van der Waals surface area (Å²) in [4.78, 5) is 2.46. The van der Waals surface area contributed by atoms with Crippen molar-refractivity contribution in [3.63, 3.8) is 0 Å². The van der Waals surface area contributed by atoms with Gasteiger partial charge >= 0.3 is 0 Å². The topological polar surface area (TPSA) is 44.7 Å². The third-order valence-electron chi connectivity index (χ3n) is 4.07. The maximum atomic E-state index is 9.81. The van der Waals surface area contributed by atoms with Crippen molar-refractivity contribution in [2.45, 2.75) is 19.9 Å². The van der Waals surface area contributed by atoms with Gasteiger partial charge in [0.1, 0.15) is 5.75 Å². The molecule has 0 amide bonds. The quantitative estimate of drug-likeness (QED) is 0.873. The Bertz CT molecular complexity index is 434. The highest BCUT2D eigenvalue weighted by Gasteiger charge is 2.35. The lowest BCUT2D eigenvalue weighted by Crippen LogP contribution is -2.49. The third-order valence-corrected chi connectivity index (χ3v) is 4.07. The molecule has 2 N–H and O–H groups in total. The summed E-state index contributed by atoms with van der Waals surface area (Å²) in [5.74, 6) is 0.872. The summed E-state index contributed by atoms with van der Waals surface area (Å²) in [7, 11) is 1.69. The van der Waals surface area contributed by atoms with Crippen LogP contribution in [0.25, 0.3) is 0 Å². The molecule has 1 heterocycles. The number of nitrogens with one attached hydrogen (secondary N) is 1. The van der Waals surface area contributed by atoms with Crippen LogP contribution in [0.5, 0.6) is 5.75 Å². The molecule has 1 aliphatic rings. The van der Waals surface area contributed by atoms with Gasteiger partial charge in [0.15, 0.2) is 0 Å². The lowest BCUT2D eigenvalue weighted by Gasteiger charge is -2.43. The monoisotopic (exact) mass is 314 g/mol. The van der Waals surface area contributed by atoms with Gasteiger partial charge in [0, 0.05) is 44.2 Å². The van der Waals surface area contributed by atoms with Gasteiger partial charge in [-0.1, -0.05) is 26.0 Å². The molecule has 0 unspecified atom stereocenters. The van der Waals surface area contributed by atoms with Crippen molar-refractivity contribution in [2.75, 3.05) is 39.9 Å². The second kappa shape index (κ2) is 7.99. The summed E-state index contributed by atoms with van der Waals surface area (Å²) >= 11 is 0. The van der Waals surface area contributed by atoms with E-state index >= 15 is 0 Å². The second-order valence-electron chi connectivity index (χ2n) is 6.11. The van der Waals surface area contributed by atoms with Gasteiger partial charge in [-0.15, -0.1) is 12.4 Å². The lowest BCUT2D eigenvalue weighted by atomic mass is 9.79. The molecule has 0 aromatic heterocycles. The molecule has 5 heteroatoms. The Morgan fingerprint density at radius 3 is 2.57 bits per heavy atom. The van der Waals surface area contributed by atoms with Gasteiger partial charge in [-0.2, -0.15) is 0 Å². The molecule has 0 aliphatic carbocycles. The highest BCUT2D eigenvalue weighted by Crippen LogP contribution is 2.39. The summed E-state index contributed by atoms with van der Waals surface area (Å²) in [6.45, 7) is 8.43. The molecule has 1 aliphatic heterocycles. The van der Waals surface area contributed by atoms with Crippen LogP contribution in [-0.2, 0) is 0 Å². The van der Waals surface area contributed by atoms with Crippen LogP contribution < -0.4 is 10.1 Å². The van der Waals surface area contributed by atoms with Crippen LogP contribution in [0.1, 0.15) is 25.5 Å². The van der Waals surface area contributed by atoms with Gasteiger partial charge in [-0.05, 0) is 17.7 Å². The molecule has 120 valence electrons. The van der Waals surface area contributed by atoms with Crippen molar-refractivity contribution in [3.05, 3.63) is 29.8 Å². The van der Waals surface area contributed by atoms with Gasteiger partial charge in [-0.25, -0.2) is 0 Å². The van der Waals surface area contributed by atoms with E-state index < -0.39 is 0 Å². The Morgan fingerprint density at radius 2 is 2.00 bits per heavy atom. The first kappa shape index (κ1) is 18.2. The smallest absolute Gasteiger partial charge is 0.119 e. The zero-order chi connectivity index (χ0) is 14.6. The molecule has 1 saturated heterocycles. The molecule has 1 aromatic carbocycles. The second-order valence-corrected chi connectivity index (χ2v) is 6.11. The summed E-state index contributed by atoms with van der Waals surface area (Å²) in [5, 5.41) is 13.2. The Balaban J connectivity index is 0.00000220. The number of hydrogen-bond acceptors (Lipinski definition) is 4. The number of ether oxygens (including phenoxy) is 1. The Morgan fingerprint density at radius 1 is 1.33 bits per heavy atom. The van der Waals surface area contributed by atoms with Crippen molar-refractivity contribution in [3.8, 4) is 5.75 Å². The van der Waals surface area contributed by atoms with E-state index in [2.05, 4.69) is 36.2 Å². The highest BCUT2D eigenvalue weighted by atomic mass is 35.5. The normalized spacial score (nSPS) is 17.9. The Hall–Kier alpha value is -0.810. The Labute approximate surface area is 133 Å². The van der Waals surface area contributed by atoms with Crippen molar-refractivity contribution in [1.82, 2.24) is 10.2 Å². The number of nitrogens with zero attached hydrogens (tertiary/aromatic N) is 1. The fraction of sp³-hybridized carbons (Fsp3) is 0.625. The van der Waals surface area contributed by atoms with Gasteiger partial charge in [-0.3, -0.25) is 4.90 Å². The van der Waals surface area contributed by atoms with E-state index in [1.807, 2.05) is 12.1 Å². The minimum Gasteiger partial charge on any atom is -0.497 e.